The van der Waals surface area contributed by atoms with Crippen LogP contribution in [0.1, 0.15) is 51.1 Å². The maximum absolute atomic E-state index is 12.9. The molecule has 9 heteroatoms. The van der Waals surface area contributed by atoms with Crippen molar-refractivity contribution in [2.75, 3.05) is 40.4 Å². The first-order valence-electron chi connectivity index (χ1n) is 11.5. The molecule has 0 atom stereocenters. The van der Waals surface area contributed by atoms with E-state index in [4.69, 9.17) is 21.1 Å². The summed E-state index contributed by atoms with van der Waals surface area (Å²) in [5, 5.41) is 0.395. The molecule has 1 aromatic heterocycles. The molecule has 1 aromatic carbocycles. The van der Waals surface area contributed by atoms with Gasteiger partial charge in [-0.2, -0.15) is 0 Å². The predicted octanol–water partition coefficient (Wildman–Crippen LogP) is 4.79. The molecule has 2 saturated heterocycles. The zero-order valence-corrected chi connectivity index (χ0v) is 21.7. The number of piperidine rings is 1. The highest BCUT2D eigenvalue weighted by Crippen LogP contribution is 2.41. The van der Waals surface area contributed by atoms with Gasteiger partial charge < -0.3 is 19.3 Å². The lowest BCUT2D eigenvalue weighted by Gasteiger charge is -2.39. The molecule has 4 rings (SSSR count). The largest absolute Gasteiger partial charge is 0.493 e. The molecule has 0 bridgehead atoms. The molecule has 2 fully saturated rings. The molecule has 0 saturated carbocycles. The molecule has 0 radical (unpaired) electrons. The number of likely N-dealkylation sites (tertiary alicyclic amines) is 2. The van der Waals surface area contributed by atoms with Gasteiger partial charge in [0.25, 0.3) is 5.91 Å². The van der Waals surface area contributed by atoms with Gasteiger partial charge in [0.05, 0.1) is 29.0 Å². The molecule has 7 nitrogen and oxygen atoms in total. The minimum atomic E-state index is -0.0541. The fourth-order valence-electron chi connectivity index (χ4n) is 4.81. The van der Waals surface area contributed by atoms with E-state index in [1.54, 1.807) is 43.5 Å². The van der Waals surface area contributed by atoms with Gasteiger partial charge in [0.2, 0.25) is 5.91 Å². The van der Waals surface area contributed by atoms with Crippen LogP contribution < -0.4 is 9.47 Å². The number of thiophene rings is 1. The number of ketones is 1. The van der Waals surface area contributed by atoms with Crippen LogP contribution in [0.5, 0.6) is 11.5 Å². The van der Waals surface area contributed by atoms with Crippen LogP contribution in [0, 0.1) is 5.41 Å². The lowest BCUT2D eigenvalue weighted by atomic mass is 9.78. The van der Waals surface area contributed by atoms with E-state index < -0.39 is 0 Å². The second-order valence-electron chi connectivity index (χ2n) is 9.06. The Morgan fingerprint density at radius 1 is 0.971 bits per heavy atom. The second kappa shape index (κ2) is 10.4. The van der Waals surface area contributed by atoms with E-state index in [1.165, 1.54) is 25.4 Å². The summed E-state index contributed by atoms with van der Waals surface area (Å²) in [6.45, 7) is 4.21. The number of carbonyl (C=O) groups excluding carboxylic acids is 3. The van der Waals surface area contributed by atoms with Crippen LogP contribution in [0.15, 0.2) is 30.3 Å². The molecule has 2 aliphatic heterocycles. The van der Waals surface area contributed by atoms with E-state index in [9.17, 15) is 14.4 Å². The SMILES string of the molecule is COc1ccc(/C=C/C(=O)N2CCC3(CCN(C(=O)c4ccc(C(C)=O)s4)CC3)C2)c(Cl)c1OC. The van der Waals surface area contributed by atoms with Crippen molar-refractivity contribution in [1.29, 1.82) is 0 Å². The number of carbonyl (C=O) groups is 3. The van der Waals surface area contributed by atoms with Crippen LogP contribution in [0.2, 0.25) is 5.02 Å². The fourth-order valence-corrected chi connectivity index (χ4v) is 5.98. The molecule has 3 heterocycles. The summed E-state index contributed by atoms with van der Waals surface area (Å²) < 4.78 is 10.6. The van der Waals surface area contributed by atoms with Gasteiger partial charge in [0, 0.05) is 32.3 Å². The number of Topliss-reactive ketones (excluding diaryl/α,β-unsaturated/α-hetero) is 1. The maximum Gasteiger partial charge on any atom is 0.263 e. The molecule has 2 aliphatic rings. The van der Waals surface area contributed by atoms with Crippen molar-refractivity contribution in [2.45, 2.75) is 26.2 Å². The summed E-state index contributed by atoms with van der Waals surface area (Å²) in [5.74, 6) is 0.875. The Kier molecular flexibility index (Phi) is 7.52. The van der Waals surface area contributed by atoms with Gasteiger partial charge in [-0.05, 0) is 67.5 Å². The summed E-state index contributed by atoms with van der Waals surface area (Å²) in [6, 6.07) is 7.00. The van der Waals surface area contributed by atoms with Gasteiger partial charge in [0.1, 0.15) is 0 Å². The van der Waals surface area contributed by atoms with Crippen LogP contribution in [0.25, 0.3) is 6.08 Å². The first kappa shape index (κ1) is 25.3. The van der Waals surface area contributed by atoms with E-state index in [0.717, 1.165) is 19.3 Å². The van der Waals surface area contributed by atoms with Crippen LogP contribution in [-0.4, -0.2) is 67.8 Å². The molecule has 186 valence electrons. The van der Waals surface area contributed by atoms with Crippen LogP contribution >= 0.6 is 22.9 Å². The quantitative estimate of drug-likeness (QED) is 0.407. The summed E-state index contributed by atoms with van der Waals surface area (Å²) in [7, 11) is 3.07. The molecule has 2 amide bonds. The van der Waals surface area contributed by atoms with Crippen molar-refractivity contribution in [2.24, 2.45) is 5.41 Å². The number of hydrogen-bond donors (Lipinski definition) is 0. The highest BCUT2D eigenvalue weighted by atomic mass is 35.5. The minimum Gasteiger partial charge on any atom is -0.493 e. The third kappa shape index (κ3) is 5.23. The summed E-state index contributed by atoms with van der Waals surface area (Å²) >= 11 is 7.68. The molecule has 0 aliphatic carbocycles. The Bertz CT molecular complexity index is 1170. The van der Waals surface area contributed by atoms with Gasteiger partial charge in [-0.1, -0.05) is 11.6 Å². The molecule has 35 heavy (non-hydrogen) atoms. The number of ether oxygens (including phenoxy) is 2. The first-order valence-corrected chi connectivity index (χ1v) is 12.7. The van der Waals surface area contributed by atoms with E-state index in [2.05, 4.69) is 0 Å². The van der Waals surface area contributed by atoms with Crippen molar-refractivity contribution in [3.05, 3.63) is 50.7 Å². The number of methoxy groups -OCH3 is 2. The Morgan fingerprint density at radius 2 is 1.63 bits per heavy atom. The fraction of sp³-hybridized carbons (Fsp3) is 0.423. The topological polar surface area (TPSA) is 76.2 Å². The van der Waals surface area contributed by atoms with Crippen molar-refractivity contribution in [3.8, 4) is 11.5 Å². The minimum absolute atomic E-state index is 0.0157. The molecular formula is C26H29ClN2O5S. The standard InChI is InChI=1S/C26H29ClN2O5S/c1-17(30)20-7-8-21(35-20)25(32)28-13-10-26(11-14-28)12-15-29(16-26)22(31)9-5-18-4-6-19(33-2)24(34-3)23(18)27/h4-9H,10-16H2,1-3H3/b9-5+. The van der Waals surface area contributed by atoms with Crippen molar-refractivity contribution in [3.63, 3.8) is 0 Å². The Labute approximate surface area is 214 Å². The number of hydrogen-bond acceptors (Lipinski definition) is 6. The number of amides is 2. The van der Waals surface area contributed by atoms with E-state index in [0.29, 0.717) is 58.0 Å². The van der Waals surface area contributed by atoms with Gasteiger partial charge in [-0.25, -0.2) is 0 Å². The normalized spacial score (nSPS) is 17.3. The zero-order valence-electron chi connectivity index (χ0n) is 20.1. The molecule has 0 unspecified atom stereocenters. The number of halogens is 1. The van der Waals surface area contributed by atoms with E-state index >= 15 is 0 Å². The van der Waals surface area contributed by atoms with Crippen molar-refractivity contribution >= 4 is 46.6 Å². The maximum atomic E-state index is 12.9. The lowest BCUT2D eigenvalue weighted by Crippen LogP contribution is -2.44. The second-order valence-corrected chi connectivity index (χ2v) is 10.5. The monoisotopic (exact) mass is 516 g/mol. The molecular weight excluding hydrogens is 488 g/mol. The van der Waals surface area contributed by atoms with Gasteiger partial charge in [-0.3, -0.25) is 14.4 Å². The Morgan fingerprint density at radius 3 is 2.23 bits per heavy atom. The summed E-state index contributed by atoms with van der Waals surface area (Å²) in [6.07, 6.45) is 5.90. The molecule has 1 spiro atoms. The van der Waals surface area contributed by atoms with Crippen LogP contribution in [0.3, 0.4) is 0 Å². The van der Waals surface area contributed by atoms with Crippen LogP contribution in [-0.2, 0) is 4.79 Å². The number of rotatable bonds is 6. The van der Waals surface area contributed by atoms with Crippen molar-refractivity contribution in [1.82, 2.24) is 9.80 Å². The summed E-state index contributed by atoms with van der Waals surface area (Å²) in [5.41, 5.74) is 0.723. The van der Waals surface area contributed by atoms with Gasteiger partial charge in [0.15, 0.2) is 17.3 Å². The average molecular weight is 517 g/mol. The van der Waals surface area contributed by atoms with Crippen molar-refractivity contribution < 1.29 is 23.9 Å². The summed E-state index contributed by atoms with van der Waals surface area (Å²) in [4.78, 5) is 42.3. The van der Waals surface area contributed by atoms with Crippen LogP contribution in [0.4, 0.5) is 0 Å². The van der Waals surface area contributed by atoms with Gasteiger partial charge in [-0.15, -0.1) is 11.3 Å². The average Bonchev–Trinajstić information content (AvgIpc) is 3.51. The molecule has 0 N–H and O–H groups in total. The smallest absolute Gasteiger partial charge is 0.263 e. The predicted molar refractivity (Wildman–Crippen MR) is 137 cm³/mol. The van der Waals surface area contributed by atoms with E-state index in [-0.39, 0.29) is 23.0 Å². The first-order chi connectivity index (χ1) is 16.8. The number of benzene rings is 1. The third-order valence-electron chi connectivity index (χ3n) is 6.95. The zero-order chi connectivity index (χ0) is 25.2. The van der Waals surface area contributed by atoms with Gasteiger partial charge >= 0.3 is 0 Å². The van der Waals surface area contributed by atoms with E-state index in [1.807, 2.05) is 9.80 Å². The molecule has 2 aromatic rings. The Hall–Kier alpha value is -2.84. The third-order valence-corrected chi connectivity index (χ3v) is 8.51. The number of nitrogens with zero attached hydrogens (tertiary/aromatic N) is 2. The highest BCUT2D eigenvalue weighted by molar-refractivity contribution is 7.15. The Balaban J connectivity index is 1.35. The lowest BCUT2D eigenvalue weighted by molar-refractivity contribution is -0.125. The highest BCUT2D eigenvalue weighted by Gasteiger charge is 2.42.